The first-order valence-corrected chi connectivity index (χ1v) is 6.90. The van der Waals surface area contributed by atoms with Gasteiger partial charge >= 0.3 is 5.97 Å². The topological polar surface area (TPSA) is 92.8 Å². The maximum atomic E-state index is 10.5. The Labute approximate surface area is 121 Å². The van der Waals surface area contributed by atoms with E-state index in [-0.39, 0.29) is 12.7 Å². The zero-order chi connectivity index (χ0) is 14.8. The lowest BCUT2D eigenvalue weighted by Gasteiger charge is -2.32. The van der Waals surface area contributed by atoms with E-state index in [1.807, 2.05) is 17.5 Å². The fraction of sp³-hybridized carbons (Fsp3) is 0.538. The zero-order valence-electron chi connectivity index (χ0n) is 11.8. The molecule has 1 aliphatic rings. The number of hydrogen-bond donors (Lipinski definition) is 1. The molecule has 0 spiro atoms. The number of aromatic nitrogens is 4. The molecule has 8 nitrogen and oxygen atoms in total. The van der Waals surface area contributed by atoms with Gasteiger partial charge in [0.2, 0.25) is 5.65 Å². The predicted octanol–water partition coefficient (Wildman–Crippen LogP) is 0.503. The van der Waals surface area contributed by atoms with Crippen LogP contribution in [0, 0.1) is 6.92 Å². The number of piperidine rings is 1. The van der Waals surface area contributed by atoms with Crippen LogP contribution in [0.4, 0.5) is 5.82 Å². The van der Waals surface area contributed by atoms with Crippen molar-refractivity contribution in [3.05, 3.63) is 18.2 Å². The van der Waals surface area contributed by atoms with Gasteiger partial charge in [0.15, 0.2) is 5.82 Å². The van der Waals surface area contributed by atoms with Gasteiger partial charge in [-0.2, -0.15) is 0 Å². The van der Waals surface area contributed by atoms with Gasteiger partial charge in [-0.15, -0.1) is 10.2 Å². The monoisotopic (exact) mass is 291 g/mol. The Morgan fingerprint density at radius 2 is 2.19 bits per heavy atom. The highest BCUT2D eigenvalue weighted by atomic mass is 16.5. The number of hydrogen-bond acceptors (Lipinski definition) is 6. The van der Waals surface area contributed by atoms with E-state index >= 15 is 0 Å². The number of rotatable bonds is 4. The average Bonchev–Trinajstić information content (AvgIpc) is 2.87. The molecule has 0 bridgehead atoms. The molecule has 0 atom stereocenters. The first-order chi connectivity index (χ1) is 10.1. The quantitative estimate of drug-likeness (QED) is 0.876. The lowest BCUT2D eigenvalue weighted by Crippen LogP contribution is -2.38. The largest absolute Gasteiger partial charge is 0.480 e. The molecule has 0 unspecified atom stereocenters. The molecule has 2 aromatic rings. The molecule has 0 saturated carbocycles. The van der Waals surface area contributed by atoms with Crippen LogP contribution < -0.4 is 4.90 Å². The van der Waals surface area contributed by atoms with Gasteiger partial charge in [-0.25, -0.2) is 9.78 Å². The third-order valence-corrected chi connectivity index (χ3v) is 3.66. The van der Waals surface area contributed by atoms with Gasteiger partial charge in [0.05, 0.1) is 6.10 Å². The van der Waals surface area contributed by atoms with Gasteiger partial charge in [0.1, 0.15) is 12.4 Å². The van der Waals surface area contributed by atoms with Crippen LogP contribution >= 0.6 is 0 Å². The smallest absolute Gasteiger partial charge is 0.329 e. The summed E-state index contributed by atoms with van der Waals surface area (Å²) in [5.41, 5.74) is 0.750. The van der Waals surface area contributed by atoms with Crippen LogP contribution in [0.1, 0.15) is 18.7 Å². The second kappa shape index (κ2) is 5.65. The lowest BCUT2D eigenvalue weighted by atomic mass is 10.1. The number of fused-ring (bicyclic) bond motifs is 1. The Kier molecular flexibility index (Phi) is 3.70. The molecule has 0 amide bonds. The Morgan fingerprint density at radius 1 is 1.43 bits per heavy atom. The van der Waals surface area contributed by atoms with Crippen LogP contribution in [-0.4, -0.2) is 56.5 Å². The van der Waals surface area contributed by atoms with Crippen molar-refractivity contribution in [2.24, 2.45) is 0 Å². The van der Waals surface area contributed by atoms with Crippen molar-refractivity contribution in [3.63, 3.8) is 0 Å². The molecule has 8 heteroatoms. The molecule has 3 rings (SSSR count). The third kappa shape index (κ3) is 2.80. The van der Waals surface area contributed by atoms with Crippen molar-refractivity contribution in [2.75, 3.05) is 24.6 Å². The summed E-state index contributed by atoms with van der Waals surface area (Å²) in [6, 6.07) is 0. The summed E-state index contributed by atoms with van der Waals surface area (Å²) in [6.07, 6.45) is 5.14. The maximum absolute atomic E-state index is 10.5. The highest BCUT2D eigenvalue weighted by molar-refractivity contribution is 5.68. The van der Waals surface area contributed by atoms with Gasteiger partial charge in [-0.3, -0.25) is 4.40 Å². The molecule has 112 valence electrons. The molecule has 1 N–H and O–H groups in total. The zero-order valence-corrected chi connectivity index (χ0v) is 11.8. The van der Waals surface area contributed by atoms with Crippen molar-refractivity contribution < 1.29 is 14.6 Å². The van der Waals surface area contributed by atoms with Gasteiger partial charge < -0.3 is 14.7 Å². The van der Waals surface area contributed by atoms with Gasteiger partial charge in [-0.05, 0) is 19.8 Å². The second-order valence-electron chi connectivity index (χ2n) is 5.08. The van der Waals surface area contributed by atoms with E-state index < -0.39 is 5.97 Å². The number of ether oxygens (including phenoxy) is 1. The summed E-state index contributed by atoms with van der Waals surface area (Å²) >= 11 is 0. The standard InChI is InChI=1S/C13H17N5O3/c1-9-15-16-13-12(14-4-7-18(9)13)17-5-2-10(3-6-17)21-8-11(19)20/h4,7,10H,2-3,5-6,8H2,1H3,(H,19,20). The summed E-state index contributed by atoms with van der Waals surface area (Å²) in [5, 5.41) is 16.9. The lowest BCUT2D eigenvalue weighted by molar-refractivity contribution is -0.144. The molecule has 21 heavy (non-hydrogen) atoms. The van der Waals surface area contributed by atoms with Crippen LogP contribution in [0.3, 0.4) is 0 Å². The first-order valence-electron chi connectivity index (χ1n) is 6.90. The van der Waals surface area contributed by atoms with Gasteiger partial charge in [0, 0.05) is 25.5 Å². The Bertz CT molecular complexity index is 648. The average molecular weight is 291 g/mol. The number of nitrogens with zero attached hydrogens (tertiary/aromatic N) is 5. The van der Waals surface area contributed by atoms with Crippen LogP contribution in [0.5, 0.6) is 0 Å². The SMILES string of the molecule is Cc1nnc2c(N3CCC(OCC(=O)O)CC3)nccn12. The minimum Gasteiger partial charge on any atom is -0.480 e. The van der Waals surface area contributed by atoms with Crippen LogP contribution in [0.2, 0.25) is 0 Å². The van der Waals surface area contributed by atoms with E-state index in [1.165, 1.54) is 0 Å². The highest BCUT2D eigenvalue weighted by Crippen LogP contribution is 2.22. The van der Waals surface area contributed by atoms with Crippen molar-refractivity contribution in [1.29, 1.82) is 0 Å². The van der Waals surface area contributed by atoms with E-state index in [0.717, 1.165) is 43.2 Å². The summed E-state index contributed by atoms with van der Waals surface area (Å²) in [4.78, 5) is 17.1. The molecular formula is C13H17N5O3. The molecule has 1 saturated heterocycles. The predicted molar refractivity (Wildman–Crippen MR) is 74.3 cm³/mol. The van der Waals surface area contributed by atoms with Gasteiger partial charge in [0.25, 0.3) is 0 Å². The molecule has 3 heterocycles. The number of carbonyl (C=O) groups is 1. The fourth-order valence-electron chi connectivity index (χ4n) is 2.58. The number of carboxylic acids is 1. The second-order valence-corrected chi connectivity index (χ2v) is 5.08. The molecule has 0 radical (unpaired) electrons. The van der Waals surface area contributed by atoms with Crippen molar-refractivity contribution in [1.82, 2.24) is 19.6 Å². The molecule has 1 aliphatic heterocycles. The number of aryl methyl sites for hydroxylation is 1. The van der Waals surface area contributed by atoms with Crippen molar-refractivity contribution >= 4 is 17.4 Å². The normalized spacial score (nSPS) is 16.5. The van der Waals surface area contributed by atoms with E-state index in [2.05, 4.69) is 20.1 Å². The van der Waals surface area contributed by atoms with Crippen LogP contribution in [0.25, 0.3) is 5.65 Å². The maximum Gasteiger partial charge on any atom is 0.329 e. The molecular weight excluding hydrogens is 274 g/mol. The first kappa shape index (κ1) is 13.7. The Balaban J connectivity index is 1.70. The molecule has 0 aromatic carbocycles. The van der Waals surface area contributed by atoms with E-state index in [4.69, 9.17) is 9.84 Å². The number of anilines is 1. The highest BCUT2D eigenvalue weighted by Gasteiger charge is 2.23. The Morgan fingerprint density at radius 3 is 2.90 bits per heavy atom. The van der Waals surface area contributed by atoms with E-state index in [1.54, 1.807) is 6.20 Å². The molecule has 2 aromatic heterocycles. The van der Waals surface area contributed by atoms with Gasteiger partial charge in [-0.1, -0.05) is 0 Å². The van der Waals surface area contributed by atoms with E-state index in [0.29, 0.717) is 0 Å². The summed E-state index contributed by atoms with van der Waals surface area (Å²) in [5.74, 6) is 0.714. The Hall–Kier alpha value is -2.22. The van der Waals surface area contributed by atoms with Crippen molar-refractivity contribution in [2.45, 2.75) is 25.9 Å². The van der Waals surface area contributed by atoms with Crippen LogP contribution in [0.15, 0.2) is 12.4 Å². The van der Waals surface area contributed by atoms with Crippen molar-refractivity contribution in [3.8, 4) is 0 Å². The third-order valence-electron chi connectivity index (χ3n) is 3.66. The van der Waals surface area contributed by atoms with E-state index in [9.17, 15) is 4.79 Å². The summed E-state index contributed by atoms with van der Waals surface area (Å²) < 4.78 is 7.25. The minimum absolute atomic E-state index is 0.00307. The molecule has 0 aliphatic carbocycles. The fourth-order valence-corrected chi connectivity index (χ4v) is 2.58. The number of aliphatic carboxylic acids is 1. The number of carboxylic acid groups (broad SMARTS) is 1. The molecule has 1 fully saturated rings. The minimum atomic E-state index is -0.928. The van der Waals surface area contributed by atoms with Crippen LogP contribution in [-0.2, 0) is 9.53 Å². The summed E-state index contributed by atoms with van der Waals surface area (Å²) in [7, 11) is 0. The summed E-state index contributed by atoms with van der Waals surface area (Å²) in [6.45, 7) is 3.20.